The predicted octanol–water partition coefficient (Wildman–Crippen LogP) is 3.52. The first-order chi connectivity index (χ1) is 8.02. The number of nitrogens with one attached hydrogen (secondary N) is 1. The van der Waals surface area contributed by atoms with E-state index >= 15 is 0 Å². The minimum atomic E-state index is -4.29. The van der Waals surface area contributed by atoms with Crippen molar-refractivity contribution in [3.05, 3.63) is 23.8 Å². The van der Waals surface area contributed by atoms with Gasteiger partial charge in [-0.3, -0.25) is 0 Å². The third kappa shape index (κ3) is 2.60. The number of fused-ring (bicyclic) bond motifs is 1. The third-order valence-electron chi connectivity index (χ3n) is 2.69. The fourth-order valence-electron chi connectivity index (χ4n) is 1.85. The number of anilines is 2. The Morgan fingerprint density at radius 1 is 1.35 bits per heavy atom. The Hall–Kier alpha value is -1.10. The molecule has 1 N–H and O–H groups in total. The molecule has 0 bridgehead atoms. The van der Waals surface area contributed by atoms with E-state index < -0.39 is 11.7 Å². The topological polar surface area (TPSA) is 15.3 Å². The van der Waals surface area contributed by atoms with Gasteiger partial charge in [0.15, 0.2) is 0 Å². The molecule has 6 heteroatoms. The summed E-state index contributed by atoms with van der Waals surface area (Å²) in [5.74, 6) is 0.548. The van der Waals surface area contributed by atoms with Crippen molar-refractivity contribution in [2.75, 3.05) is 29.3 Å². The molecular weight excluding hydrogens is 253 g/mol. The summed E-state index contributed by atoms with van der Waals surface area (Å²) in [6.07, 6.45) is -3.48. The van der Waals surface area contributed by atoms with Crippen molar-refractivity contribution in [3.63, 3.8) is 0 Å². The van der Waals surface area contributed by atoms with Gasteiger partial charge in [-0.25, -0.2) is 0 Å². The van der Waals surface area contributed by atoms with E-state index in [1.54, 1.807) is 0 Å². The van der Waals surface area contributed by atoms with Gasteiger partial charge in [0, 0.05) is 12.4 Å². The summed E-state index contributed by atoms with van der Waals surface area (Å²) in [7, 11) is 0. The number of halogens is 4. The van der Waals surface area contributed by atoms with Gasteiger partial charge in [-0.2, -0.15) is 13.2 Å². The van der Waals surface area contributed by atoms with E-state index in [2.05, 4.69) is 5.32 Å². The molecule has 1 aliphatic heterocycles. The molecule has 0 fully saturated rings. The molecular formula is C11H12ClF3N2. The SMILES string of the molecule is FC(F)(F)c1ccc2c(c1)NCN2CCCCl. The van der Waals surface area contributed by atoms with Crippen LogP contribution in [-0.4, -0.2) is 19.1 Å². The van der Waals surface area contributed by atoms with Crippen molar-refractivity contribution in [3.8, 4) is 0 Å². The van der Waals surface area contributed by atoms with Crippen molar-refractivity contribution >= 4 is 23.0 Å². The van der Waals surface area contributed by atoms with Crippen molar-refractivity contribution in [2.45, 2.75) is 12.6 Å². The average Bonchev–Trinajstić information content (AvgIpc) is 2.67. The molecule has 1 aliphatic rings. The van der Waals surface area contributed by atoms with E-state index in [1.165, 1.54) is 6.07 Å². The first-order valence-electron chi connectivity index (χ1n) is 5.28. The number of hydrogen-bond acceptors (Lipinski definition) is 2. The number of hydrogen-bond donors (Lipinski definition) is 1. The van der Waals surface area contributed by atoms with Gasteiger partial charge in [0.1, 0.15) is 0 Å². The number of benzene rings is 1. The summed E-state index contributed by atoms with van der Waals surface area (Å²) in [6, 6.07) is 3.77. The molecule has 0 radical (unpaired) electrons. The summed E-state index contributed by atoms with van der Waals surface area (Å²) >= 11 is 5.60. The lowest BCUT2D eigenvalue weighted by molar-refractivity contribution is -0.137. The normalized spacial score (nSPS) is 14.7. The van der Waals surface area contributed by atoms with Crippen LogP contribution in [0.3, 0.4) is 0 Å². The maximum Gasteiger partial charge on any atom is 0.416 e. The molecule has 2 rings (SSSR count). The molecule has 0 atom stereocenters. The molecule has 94 valence electrons. The van der Waals surface area contributed by atoms with Crippen LogP contribution in [0.25, 0.3) is 0 Å². The molecule has 0 saturated heterocycles. The van der Waals surface area contributed by atoms with Crippen LogP contribution < -0.4 is 10.2 Å². The van der Waals surface area contributed by atoms with Crippen molar-refractivity contribution in [1.29, 1.82) is 0 Å². The number of nitrogens with zero attached hydrogens (tertiary/aromatic N) is 1. The second-order valence-electron chi connectivity index (χ2n) is 3.87. The van der Waals surface area contributed by atoms with Gasteiger partial charge < -0.3 is 10.2 Å². The van der Waals surface area contributed by atoms with Gasteiger partial charge in [-0.15, -0.1) is 11.6 Å². The molecule has 0 amide bonds. The predicted molar refractivity (Wildman–Crippen MR) is 62.6 cm³/mol. The first-order valence-corrected chi connectivity index (χ1v) is 5.82. The summed E-state index contributed by atoms with van der Waals surface area (Å²) in [5, 5.41) is 2.95. The van der Waals surface area contributed by atoms with Crippen LogP contribution in [0.4, 0.5) is 24.5 Å². The molecule has 1 aromatic rings. The molecule has 17 heavy (non-hydrogen) atoms. The van der Waals surface area contributed by atoms with Crippen LogP contribution >= 0.6 is 11.6 Å². The van der Waals surface area contributed by atoms with E-state index in [9.17, 15) is 13.2 Å². The zero-order valence-electron chi connectivity index (χ0n) is 9.02. The van der Waals surface area contributed by atoms with E-state index in [0.29, 0.717) is 18.2 Å². The van der Waals surface area contributed by atoms with Gasteiger partial charge in [0.2, 0.25) is 0 Å². The second-order valence-corrected chi connectivity index (χ2v) is 4.25. The van der Waals surface area contributed by atoms with Crippen LogP contribution in [0.5, 0.6) is 0 Å². The Kier molecular flexibility index (Phi) is 3.38. The quantitative estimate of drug-likeness (QED) is 0.841. The van der Waals surface area contributed by atoms with Crippen molar-refractivity contribution in [2.24, 2.45) is 0 Å². The summed E-state index contributed by atoms with van der Waals surface area (Å²) in [6.45, 7) is 1.28. The van der Waals surface area contributed by atoms with Gasteiger partial charge >= 0.3 is 6.18 Å². The fraction of sp³-hybridized carbons (Fsp3) is 0.455. The lowest BCUT2D eigenvalue weighted by Gasteiger charge is -2.17. The molecule has 1 aromatic carbocycles. The highest BCUT2D eigenvalue weighted by molar-refractivity contribution is 6.17. The third-order valence-corrected chi connectivity index (χ3v) is 2.95. The molecule has 1 heterocycles. The molecule has 0 spiro atoms. The Morgan fingerprint density at radius 2 is 2.12 bits per heavy atom. The molecule has 0 unspecified atom stereocenters. The highest BCUT2D eigenvalue weighted by Gasteiger charge is 2.32. The molecule has 0 aromatic heterocycles. The molecule has 0 saturated carbocycles. The Morgan fingerprint density at radius 3 is 2.76 bits per heavy atom. The maximum absolute atomic E-state index is 12.5. The lowest BCUT2D eigenvalue weighted by Crippen LogP contribution is -2.24. The maximum atomic E-state index is 12.5. The van der Waals surface area contributed by atoms with E-state index in [-0.39, 0.29) is 0 Å². The van der Waals surface area contributed by atoms with Crippen LogP contribution in [0.2, 0.25) is 0 Å². The van der Waals surface area contributed by atoms with Crippen molar-refractivity contribution < 1.29 is 13.2 Å². The summed E-state index contributed by atoms with van der Waals surface area (Å²) in [4.78, 5) is 1.98. The van der Waals surface area contributed by atoms with E-state index in [0.717, 1.165) is 30.8 Å². The van der Waals surface area contributed by atoms with E-state index in [4.69, 9.17) is 11.6 Å². The largest absolute Gasteiger partial charge is 0.416 e. The Bertz CT molecular complexity index is 406. The highest BCUT2D eigenvalue weighted by atomic mass is 35.5. The van der Waals surface area contributed by atoms with Gasteiger partial charge in [0.25, 0.3) is 0 Å². The Labute approximate surface area is 102 Å². The second kappa shape index (κ2) is 4.64. The van der Waals surface area contributed by atoms with Crippen LogP contribution in [0.1, 0.15) is 12.0 Å². The van der Waals surface area contributed by atoms with E-state index in [1.807, 2.05) is 4.90 Å². The smallest absolute Gasteiger partial charge is 0.366 e. The lowest BCUT2D eigenvalue weighted by atomic mass is 10.1. The average molecular weight is 265 g/mol. The molecule has 2 nitrogen and oxygen atoms in total. The monoisotopic (exact) mass is 264 g/mol. The van der Waals surface area contributed by atoms with Gasteiger partial charge in [-0.05, 0) is 24.6 Å². The van der Waals surface area contributed by atoms with Crippen molar-refractivity contribution in [1.82, 2.24) is 0 Å². The zero-order valence-corrected chi connectivity index (χ0v) is 9.78. The fourth-order valence-corrected chi connectivity index (χ4v) is 1.97. The zero-order chi connectivity index (χ0) is 12.5. The first kappa shape index (κ1) is 12.4. The number of alkyl halides is 4. The summed E-state index contributed by atoms with van der Waals surface area (Å²) < 4.78 is 37.5. The summed E-state index contributed by atoms with van der Waals surface area (Å²) in [5.41, 5.74) is 0.723. The standard InChI is InChI=1S/C11H12ClF3N2/c12-4-1-5-17-7-16-9-6-8(11(13,14)15)2-3-10(9)17/h2-3,6,16H,1,4-5,7H2. The number of rotatable bonds is 3. The highest BCUT2D eigenvalue weighted by Crippen LogP contribution is 2.37. The van der Waals surface area contributed by atoms with Gasteiger partial charge in [-0.1, -0.05) is 0 Å². The van der Waals surface area contributed by atoms with Gasteiger partial charge in [0.05, 0.1) is 23.6 Å². The minimum absolute atomic E-state index is 0.535. The van der Waals surface area contributed by atoms with Crippen LogP contribution in [0, 0.1) is 0 Å². The Balaban J connectivity index is 2.20. The molecule has 0 aliphatic carbocycles. The minimum Gasteiger partial charge on any atom is -0.366 e. The van der Waals surface area contributed by atoms with Crippen LogP contribution in [-0.2, 0) is 6.18 Å². The van der Waals surface area contributed by atoms with Crippen LogP contribution in [0.15, 0.2) is 18.2 Å².